The molecule has 0 saturated heterocycles. The number of aromatic nitrogens is 1. The Hall–Kier alpha value is -1.31. The van der Waals surface area contributed by atoms with Gasteiger partial charge in [-0.15, -0.1) is 0 Å². The van der Waals surface area contributed by atoms with Crippen LogP contribution in [0.5, 0.6) is 5.88 Å². The van der Waals surface area contributed by atoms with Crippen molar-refractivity contribution in [1.29, 1.82) is 5.26 Å². The summed E-state index contributed by atoms with van der Waals surface area (Å²) in [6, 6.07) is 3.53. The largest absolute Gasteiger partial charge is 0.475 e. The highest BCUT2D eigenvalue weighted by atomic mass is 35.5. The molecule has 14 heavy (non-hydrogen) atoms. The highest BCUT2D eigenvalue weighted by Crippen LogP contribution is 2.24. The maximum absolute atomic E-state index is 8.70. The van der Waals surface area contributed by atoms with Gasteiger partial charge >= 0.3 is 0 Å². The van der Waals surface area contributed by atoms with Gasteiger partial charge in [0, 0.05) is 6.54 Å². The SMILES string of the molecule is Cc1nc(OCCN)c(Cl)cc1C#N. The van der Waals surface area contributed by atoms with Gasteiger partial charge in [-0.1, -0.05) is 11.6 Å². The molecule has 0 saturated carbocycles. The van der Waals surface area contributed by atoms with Gasteiger partial charge in [-0.05, 0) is 13.0 Å². The monoisotopic (exact) mass is 211 g/mol. The Morgan fingerprint density at radius 3 is 3.00 bits per heavy atom. The van der Waals surface area contributed by atoms with E-state index < -0.39 is 0 Å². The Balaban J connectivity index is 2.98. The summed E-state index contributed by atoms with van der Waals surface area (Å²) in [7, 11) is 0. The molecule has 0 amide bonds. The van der Waals surface area contributed by atoms with Crippen molar-refractivity contribution < 1.29 is 4.74 Å². The Kier molecular flexibility index (Phi) is 3.69. The molecule has 0 atom stereocenters. The van der Waals surface area contributed by atoms with Gasteiger partial charge in [-0.3, -0.25) is 0 Å². The number of rotatable bonds is 3. The first-order valence-electron chi connectivity index (χ1n) is 4.09. The predicted octanol–water partition coefficient (Wildman–Crippen LogP) is 1.25. The molecule has 0 aliphatic carbocycles. The lowest BCUT2D eigenvalue weighted by atomic mass is 10.2. The quantitative estimate of drug-likeness (QED) is 0.817. The van der Waals surface area contributed by atoms with Crippen molar-refractivity contribution in [2.75, 3.05) is 13.2 Å². The van der Waals surface area contributed by atoms with Crippen LogP contribution in [0.25, 0.3) is 0 Å². The molecule has 1 heterocycles. The fourth-order valence-electron chi connectivity index (χ4n) is 0.929. The van der Waals surface area contributed by atoms with Crippen molar-refractivity contribution in [2.45, 2.75) is 6.92 Å². The molecule has 1 aromatic rings. The van der Waals surface area contributed by atoms with Gasteiger partial charge in [-0.2, -0.15) is 5.26 Å². The minimum Gasteiger partial charge on any atom is -0.475 e. The van der Waals surface area contributed by atoms with Crippen LogP contribution in [0.15, 0.2) is 6.07 Å². The second kappa shape index (κ2) is 4.80. The predicted molar refractivity (Wildman–Crippen MR) is 53.2 cm³/mol. The molecule has 0 unspecified atom stereocenters. The first-order valence-corrected chi connectivity index (χ1v) is 4.47. The van der Waals surface area contributed by atoms with Crippen LogP contribution in [-0.4, -0.2) is 18.1 Å². The van der Waals surface area contributed by atoms with Gasteiger partial charge in [0.1, 0.15) is 17.7 Å². The molecule has 0 spiro atoms. The third-order valence-electron chi connectivity index (χ3n) is 1.61. The summed E-state index contributed by atoms with van der Waals surface area (Å²) in [5, 5.41) is 9.03. The lowest BCUT2D eigenvalue weighted by Crippen LogP contribution is -2.11. The van der Waals surface area contributed by atoms with E-state index in [1.54, 1.807) is 6.92 Å². The summed E-state index contributed by atoms with van der Waals surface area (Å²) in [4.78, 5) is 4.05. The van der Waals surface area contributed by atoms with Crippen LogP contribution in [0.3, 0.4) is 0 Å². The van der Waals surface area contributed by atoms with Gasteiger partial charge in [0.2, 0.25) is 5.88 Å². The van der Waals surface area contributed by atoms with E-state index in [0.29, 0.717) is 35.3 Å². The molecule has 0 fully saturated rings. The number of nitrogens with two attached hydrogens (primary N) is 1. The smallest absolute Gasteiger partial charge is 0.232 e. The molecule has 0 radical (unpaired) electrons. The summed E-state index contributed by atoms with van der Waals surface area (Å²) in [5.74, 6) is 0.327. The zero-order valence-corrected chi connectivity index (χ0v) is 8.51. The highest BCUT2D eigenvalue weighted by Gasteiger charge is 2.07. The van der Waals surface area contributed by atoms with Crippen molar-refractivity contribution in [3.05, 3.63) is 22.3 Å². The fraction of sp³-hybridized carbons (Fsp3) is 0.333. The van der Waals surface area contributed by atoms with Crippen molar-refractivity contribution in [2.24, 2.45) is 5.73 Å². The number of ether oxygens (including phenoxy) is 1. The number of hydrogen-bond donors (Lipinski definition) is 1. The van der Waals surface area contributed by atoms with E-state index in [-0.39, 0.29) is 0 Å². The summed E-state index contributed by atoms with van der Waals surface area (Å²) < 4.78 is 5.19. The summed E-state index contributed by atoms with van der Waals surface area (Å²) in [6.45, 7) is 2.49. The third kappa shape index (κ3) is 2.34. The number of hydrogen-bond acceptors (Lipinski definition) is 4. The molecule has 4 nitrogen and oxygen atoms in total. The number of nitrogens with zero attached hydrogens (tertiary/aromatic N) is 2. The minimum absolute atomic E-state index is 0.327. The minimum atomic E-state index is 0.327. The van der Waals surface area contributed by atoms with E-state index in [1.165, 1.54) is 6.07 Å². The topological polar surface area (TPSA) is 71.9 Å². The molecule has 0 aromatic carbocycles. The van der Waals surface area contributed by atoms with E-state index in [1.807, 2.05) is 6.07 Å². The first-order chi connectivity index (χ1) is 6.69. The molecule has 1 rings (SSSR count). The van der Waals surface area contributed by atoms with Crippen LogP contribution in [0.2, 0.25) is 5.02 Å². The van der Waals surface area contributed by atoms with E-state index in [0.717, 1.165) is 0 Å². The Morgan fingerprint density at radius 1 is 1.71 bits per heavy atom. The molecule has 0 bridgehead atoms. The zero-order chi connectivity index (χ0) is 10.6. The Morgan fingerprint density at radius 2 is 2.43 bits per heavy atom. The zero-order valence-electron chi connectivity index (χ0n) is 7.75. The van der Waals surface area contributed by atoms with Crippen molar-refractivity contribution in [3.63, 3.8) is 0 Å². The number of aryl methyl sites for hydroxylation is 1. The van der Waals surface area contributed by atoms with Crippen molar-refractivity contribution in [3.8, 4) is 11.9 Å². The average molecular weight is 212 g/mol. The average Bonchev–Trinajstić information content (AvgIpc) is 2.18. The number of halogens is 1. The maximum Gasteiger partial charge on any atom is 0.232 e. The normalized spacial score (nSPS) is 9.57. The molecule has 2 N–H and O–H groups in total. The van der Waals surface area contributed by atoms with Crippen molar-refractivity contribution >= 4 is 11.6 Å². The van der Waals surface area contributed by atoms with E-state index in [4.69, 9.17) is 27.3 Å². The summed E-state index contributed by atoms with van der Waals surface area (Å²) >= 11 is 5.84. The number of pyridine rings is 1. The van der Waals surface area contributed by atoms with Gasteiger partial charge in [0.05, 0.1) is 11.3 Å². The van der Waals surface area contributed by atoms with E-state index in [2.05, 4.69) is 4.98 Å². The standard InChI is InChI=1S/C9H10ClN3O/c1-6-7(5-12)4-8(10)9(13-6)14-3-2-11/h4H,2-3,11H2,1H3. The highest BCUT2D eigenvalue weighted by molar-refractivity contribution is 6.31. The fourth-order valence-corrected chi connectivity index (χ4v) is 1.13. The lowest BCUT2D eigenvalue weighted by molar-refractivity contribution is 0.315. The number of nitriles is 1. The summed E-state index contributed by atoms with van der Waals surface area (Å²) in [5.41, 5.74) is 6.33. The van der Waals surface area contributed by atoms with E-state index in [9.17, 15) is 0 Å². The van der Waals surface area contributed by atoms with Crippen LogP contribution < -0.4 is 10.5 Å². The second-order valence-electron chi connectivity index (χ2n) is 2.66. The van der Waals surface area contributed by atoms with Crippen LogP contribution in [0.1, 0.15) is 11.3 Å². The van der Waals surface area contributed by atoms with Crippen LogP contribution in [-0.2, 0) is 0 Å². The van der Waals surface area contributed by atoms with Gasteiger partial charge in [-0.25, -0.2) is 4.98 Å². The third-order valence-corrected chi connectivity index (χ3v) is 1.88. The van der Waals surface area contributed by atoms with Crippen LogP contribution >= 0.6 is 11.6 Å². The Labute approximate surface area is 87.3 Å². The van der Waals surface area contributed by atoms with Gasteiger partial charge < -0.3 is 10.5 Å². The first kappa shape index (κ1) is 10.8. The molecular weight excluding hydrogens is 202 g/mol. The molecule has 74 valence electrons. The maximum atomic E-state index is 8.70. The van der Waals surface area contributed by atoms with Crippen molar-refractivity contribution in [1.82, 2.24) is 4.98 Å². The van der Waals surface area contributed by atoms with Gasteiger partial charge in [0.25, 0.3) is 0 Å². The molecule has 1 aromatic heterocycles. The molecular formula is C9H10ClN3O. The van der Waals surface area contributed by atoms with Crippen LogP contribution in [0.4, 0.5) is 0 Å². The second-order valence-corrected chi connectivity index (χ2v) is 3.06. The molecule has 0 aliphatic heterocycles. The molecule has 0 aliphatic rings. The van der Waals surface area contributed by atoms with E-state index >= 15 is 0 Å². The Bertz CT molecular complexity index is 373. The summed E-state index contributed by atoms with van der Waals surface area (Å²) in [6.07, 6.45) is 0. The van der Waals surface area contributed by atoms with Gasteiger partial charge in [0.15, 0.2) is 0 Å². The van der Waals surface area contributed by atoms with Crippen LogP contribution in [0, 0.1) is 18.3 Å². The lowest BCUT2D eigenvalue weighted by Gasteiger charge is -2.06. The molecule has 5 heteroatoms.